The van der Waals surface area contributed by atoms with Crippen LogP contribution in [-0.4, -0.2) is 149 Å². The third kappa shape index (κ3) is 17.1. The number of rotatable bonds is 21. The lowest BCUT2D eigenvalue weighted by atomic mass is 9.93. The van der Waals surface area contributed by atoms with Crippen LogP contribution in [0.4, 0.5) is 0 Å². The van der Waals surface area contributed by atoms with E-state index in [-0.39, 0.29) is 75.7 Å². The SMILES string of the molecule is CCC(=O)OOCCOCCOCCN1CCN([C@@H]2O[C@@H]2[C@@H](C)[C@@H]2CC=CC(=O)N[C@H](Cc3ccc(OC)c(Cl)c3)C(=O)NCC(C)(C)C(=O)O[C@@H](CC(C)C)C(=O)O2)CC1Cc1ccccc1. The summed E-state index contributed by atoms with van der Waals surface area (Å²) in [5, 5.41) is 5.96. The van der Waals surface area contributed by atoms with Crippen LogP contribution in [0.25, 0.3) is 0 Å². The second-order valence-electron chi connectivity index (χ2n) is 18.6. The fraction of sp³-hybridized carbons (Fsp3) is 0.620. The van der Waals surface area contributed by atoms with Gasteiger partial charge in [-0.1, -0.05) is 81.8 Å². The van der Waals surface area contributed by atoms with Gasteiger partial charge in [0.2, 0.25) is 11.8 Å². The summed E-state index contributed by atoms with van der Waals surface area (Å²) in [6.45, 7) is 15.4. The van der Waals surface area contributed by atoms with E-state index in [9.17, 15) is 24.0 Å². The van der Waals surface area contributed by atoms with Gasteiger partial charge in [-0.3, -0.25) is 29.1 Å². The maximum Gasteiger partial charge on any atom is 0.347 e. The number of methoxy groups -OCH3 is 1. The summed E-state index contributed by atoms with van der Waals surface area (Å²) in [5.41, 5.74) is 0.664. The topological polar surface area (TPSA) is 193 Å². The Morgan fingerprint density at radius 2 is 1.66 bits per heavy atom. The van der Waals surface area contributed by atoms with Gasteiger partial charge in [0.05, 0.1) is 44.0 Å². The van der Waals surface area contributed by atoms with Crippen LogP contribution in [0.3, 0.4) is 0 Å². The quantitative estimate of drug-likeness (QED) is 0.0567. The number of esters is 2. The molecule has 2 aromatic carbocycles. The molecule has 5 rings (SSSR count). The summed E-state index contributed by atoms with van der Waals surface area (Å²) in [7, 11) is 1.51. The van der Waals surface area contributed by atoms with E-state index in [1.165, 1.54) is 18.7 Å². The highest BCUT2D eigenvalue weighted by atomic mass is 35.5. The third-order valence-corrected chi connectivity index (χ3v) is 12.5. The van der Waals surface area contributed by atoms with Crippen molar-refractivity contribution in [3.63, 3.8) is 0 Å². The van der Waals surface area contributed by atoms with Crippen LogP contribution in [0.5, 0.6) is 5.75 Å². The van der Waals surface area contributed by atoms with Gasteiger partial charge in [0.15, 0.2) is 6.10 Å². The number of hydrogen-bond acceptors (Lipinski definition) is 15. The number of nitrogens with zero attached hydrogens (tertiary/aromatic N) is 2. The zero-order valence-electron chi connectivity index (χ0n) is 40.6. The predicted molar refractivity (Wildman–Crippen MR) is 252 cm³/mol. The molecular formula is C50H71ClN4O13. The van der Waals surface area contributed by atoms with Crippen LogP contribution in [0, 0.1) is 17.3 Å². The molecule has 68 heavy (non-hydrogen) atoms. The molecule has 2 saturated heterocycles. The Kier molecular flexibility index (Phi) is 21.5. The van der Waals surface area contributed by atoms with Crippen molar-refractivity contribution in [2.45, 2.75) is 110 Å². The second kappa shape index (κ2) is 27.0. The third-order valence-electron chi connectivity index (χ3n) is 12.2. The molecule has 2 aromatic rings. The van der Waals surface area contributed by atoms with Crippen molar-refractivity contribution in [3.05, 3.63) is 76.8 Å². The highest BCUT2D eigenvalue weighted by Crippen LogP contribution is 2.38. The van der Waals surface area contributed by atoms with Crippen molar-refractivity contribution in [2.24, 2.45) is 17.3 Å². The molecule has 0 radical (unpaired) electrons. The number of ether oxygens (including phenoxy) is 6. The number of epoxide rings is 1. The number of benzene rings is 2. The molecule has 18 heteroatoms. The molecule has 0 spiro atoms. The molecule has 0 aliphatic carbocycles. The predicted octanol–water partition coefficient (Wildman–Crippen LogP) is 4.86. The maximum atomic E-state index is 14.0. The average molecular weight is 972 g/mol. The fourth-order valence-electron chi connectivity index (χ4n) is 8.11. The minimum atomic E-state index is -1.24. The Labute approximate surface area is 405 Å². The van der Waals surface area contributed by atoms with E-state index in [1.807, 2.05) is 39.0 Å². The summed E-state index contributed by atoms with van der Waals surface area (Å²) in [6, 6.07) is 14.6. The van der Waals surface area contributed by atoms with Crippen molar-refractivity contribution in [3.8, 4) is 5.75 Å². The van der Waals surface area contributed by atoms with Gasteiger partial charge in [0.25, 0.3) is 0 Å². The van der Waals surface area contributed by atoms with Gasteiger partial charge in [-0.25, -0.2) is 9.59 Å². The molecule has 2 N–H and O–H groups in total. The van der Waals surface area contributed by atoms with Crippen molar-refractivity contribution >= 4 is 41.3 Å². The molecule has 1 unspecified atom stereocenters. The largest absolute Gasteiger partial charge is 0.495 e. The first-order valence-electron chi connectivity index (χ1n) is 23.7. The van der Waals surface area contributed by atoms with E-state index in [4.69, 9.17) is 44.9 Å². The Morgan fingerprint density at radius 3 is 2.37 bits per heavy atom. The lowest BCUT2D eigenvalue weighted by Gasteiger charge is -2.41. The minimum Gasteiger partial charge on any atom is -0.495 e. The fourth-order valence-corrected chi connectivity index (χ4v) is 8.39. The number of hydrogen-bond donors (Lipinski definition) is 2. The average Bonchev–Trinajstić information content (AvgIpc) is 4.12. The summed E-state index contributed by atoms with van der Waals surface area (Å²) in [5.74, 6) is -2.68. The van der Waals surface area contributed by atoms with E-state index in [0.29, 0.717) is 36.2 Å². The number of halogens is 1. The summed E-state index contributed by atoms with van der Waals surface area (Å²) < 4.78 is 35.3. The molecule has 3 heterocycles. The summed E-state index contributed by atoms with van der Waals surface area (Å²) in [4.78, 5) is 80.3. The Bertz CT molecular complexity index is 1990. The number of cyclic esters (lactones) is 2. The monoisotopic (exact) mass is 970 g/mol. The number of carbonyl (C=O) groups excluding carboxylic acids is 5. The van der Waals surface area contributed by atoms with E-state index >= 15 is 0 Å². The van der Waals surface area contributed by atoms with Crippen LogP contribution in [0.2, 0.25) is 5.02 Å². The Hall–Kier alpha value is -4.62. The zero-order chi connectivity index (χ0) is 49.2. The standard InChI is InChI=1S/C50H71ClN4O13/c1-8-44(57)68-64-26-25-63-24-23-62-22-21-54-19-20-55(31-37(54)28-35-13-10-9-11-14-35)47-45(67-47)34(4)40-15-12-16-43(56)53-39(30-36-17-18-41(61-7)38(51)29-36)46(58)52-32-50(5,6)49(60)66-42(27-33(2)3)48(59)65-40/h9-14,16-18,29,33-34,37,39-40,42,45,47H,8,15,19-28,30-32H2,1-7H3,(H,52,58)(H,53,56)/t34-,37?,39+,40-,42-,45+,47+/m0/s1. The van der Waals surface area contributed by atoms with E-state index in [2.05, 4.69) is 37.5 Å². The normalized spacial score (nSPS) is 24.7. The van der Waals surface area contributed by atoms with Gasteiger partial charge in [0.1, 0.15) is 36.8 Å². The van der Waals surface area contributed by atoms with E-state index in [0.717, 1.165) is 32.6 Å². The smallest absolute Gasteiger partial charge is 0.347 e. The molecule has 7 atom stereocenters. The highest BCUT2D eigenvalue weighted by Gasteiger charge is 2.51. The van der Waals surface area contributed by atoms with Crippen LogP contribution in [0.15, 0.2) is 60.7 Å². The summed E-state index contributed by atoms with van der Waals surface area (Å²) >= 11 is 6.40. The van der Waals surface area contributed by atoms with Crippen LogP contribution >= 0.6 is 11.6 Å². The van der Waals surface area contributed by atoms with Gasteiger partial charge in [-0.2, -0.15) is 4.89 Å². The van der Waals surface area contributed by atoms with Crippen molar-refractivity contribution in [1.29, 1.82) is 0 Å². The number of nitrogens with one attached hydrogen (secondary N) is 2. The molecule has 0 saturated carbocycles. The first-order chi connectivity index (χ1) is 32.6. The second-order valence-corrected chi connectivity index (χ2v) is 19.0. The minimum absolute atomic E-state index is 0.0177. The Morgan fingerprint density at radius 1 is 0.926 bits per heavy atom. The van der Waals surface area contributed by atoms with Gasteiger partial charge < -0.3 is 39.1 Å². The first-order valence-corrected chi connectivity index (χ1v) is 24.1. The van der Waals surface area contributed by atoms with Gasteiger partial charge in [0, 0.05) is 63.9 Å². The lowest BCUT2D eigenvalue weighted by molar-refractivity contribution is -0.276. The molecule has 17 nitrogen and oxygen atoms in total. The number of carbonyl (C=O) groups is 5. The molecule has 0 bridgehead atoms. The van der Waals surface area contributed by atoms with Crippen molar-refractivity contribution in [1.82, 2.24) is 20.4 Å². The lowest BCUT2D eigenvalue weighted by Crippen LogP contribution is -2.56. The molecule has 2 fully saturated rings. The van der Waals surface area contributed by atoms with Gasteiger partial charge in [-0.15, -0.1) is 0 Å². The number of amides is 2. The highest BCUT2D eigenvalue weighted by molar-refractivity contribution is 6.32. The molecule has 2 amide bonds. The van der Waals surface area contributed by atoms with Crippen molar-refractivity contribution in [2.75, 3.05) is 72.9 Å². The van der Waals surface area contributed by atoms with Crippen LogP contribution in [0.1, 0.15) is 71.9 Å². The number of piperazine rings is 1. The Balaban J connectivity index is 1.26. The molecule has 3 aliphatic rings. The van der Waals surface area contributed by atoms with Crippen molar-refractivity contribution < 1.29 is 62.2 Å². The molecule has 376 valence electrons. The molecular weight excluding hydrogens is 900 g/mol. The maximum absolute atomic E-state index is 14.0. The van der Waals surface area contributed by atoms with Crippen LogP contribution in [-0.2, 0) is 70.3 Å². The zero-order valence-corrected chi connectivity index (χ0v) is 41.3. The first kappa shape index (κ1) is 54.3. The van der Waals surface area contributed by atoms with E-state index in [1.54, 1.807) is 45.0 Å². The van der Waals surface area contributed by atoms with Gasteiger partial charge in [-0.05, 0) is 61.9 Å². The van der Waals surface area contributed by atoms with E-state index < -0.39 is 53.4 Å². The summed E-state index contributed by atoms with van der Waals surface area (Å²) in [6.07, 6.45) is 2.07. The molecule has 0 aromatic heterocycles. The van der Waals surface area contributed by atoms with Crippen LogP contribution < -0.4 is 15.4 Å². The van der Waals surface area contributed by atoms with Gasteiger partial charge >= 0.3 is 17.9 Å². The molecule has 3 aliphatic heterocycles.